The Bertz CT molecular complexity index is 1470. The molecule has 1 saturated heterocycles. The summed E-state index contributed by atoms with van der Waals surface area (Å²) in [6.07, 6.45) is 9.23. The highest BCUT2D eigenvalue weighted by Crippen LogP contribution is 2.44. The highest BCUT2D eigenvalue weighted by atomic mass is 16.1. The first-order chi connectivity index (χ1) is 18.7. The maximum absolute atomic E-state index is 13.0. The van der Waals surface area contributed by atoms with Gasteiger partial charge < -0.3 is 4.57 Å². The molecule has 1 aliphatic rings. The van der Waals surface area contributed by atoms with Gasteiger partial charge in [-0.3, -0.25) is 9.69 Å². The standard InChI is InChI=1S/C32H42N6O/c1-22-11-12-25(19-26(22)20-38-18-15-33-29(38)21-37-16-9-7-8-10-17-37)30(32(4,5)24(3)39)27-13-14-28-31(23(27)2)34-35-36(28)6/h11-15,18-19,30H,7-10,16-17,20-21H2,1-6H3. The molecule has 1 atom stereocenters. The first-order valence-corrected chi connectivity index (χ1v) is 14.3. The Morgan fingerprint density at radius 3 is 2.49 bits per heavy atom. The second-order valence-corrected chi connectivity index (χ2v) is 11.9. The summed E-state index contributed by atoms with van der Waals surface area (Å²) in [6, 6.07) is 10.9. The van der Waals surface area contributed by atoms with E-state index >= 15 is 0 Å². The zero-order valence-corrected chi connectivity index (χ0v) is 24.4. The lowest BCUT2D eigenvalue weighted by Gasteiger charge is -2.34. The highest BCUT2D eigenvalue weighted by molar-refractivity contribution is 5.85. The van der Waals surface area contributed by atoms with Crippen molar-refractivity contribution in [2.75, 3.05) is 13.1 Å². The molecule has 4 aromatic rings. The molecule has 7 heteroatoms. The van der Waals surface area contributed by atoms with Gasteiger partial charge in [-0.15, -0.1) is 5.10 Å². The van der Waals surface area contributed by atoms with E-state index in [1.54, 1.807) is 11.6 Å². The molecule has 0 saturated carbocycles. The van der Waals surface area contributed by atoms with Gasteiger partial charge >= 0.3 is 0 Å². The molecule has 1 fully saturated rings. The Kier molecular flexibility index (Phi) is 7.72. The molecular formula is C32H42N6O. The first kappa shape index (κ1) is 27.3. The van der Waals surface area contributed by atoms with Crippen LogP contribution in [0.4, 0.5) is 0 Å². The van der Waals surface area contributed by atoms with Crippen molar-refractivity contribution in [2.24, 2.45) is 12.5 Å². The number of aryl methyl sites for hydroxylation is 3. The molecule has 1 unspecified atom stereocenters. The number of ketones is 1. The van der Waals surface area contributed by atoms with Crippen LogP contribution in [0.2, 0.25) is 0 Å². The molecule has 0 N–H and O–H groups in total. The van der Waals surface area contributed by atoms with Crippen LogP contribution in [0.5, 0.6) is 0 Å². The van der Waals surface area contributed by atoms with E-state index in [-0.39, 0.29) is 11.7 Å². The SMILES string of the molecule is CC(=O)C(C)(C)C(c1ccc(C)c(Cn2ccnc2CN2CCCCCC2)c1)c1ccc2c(nnn2C)c1C. The number of hydrogen-bond donors (Lipinski definition) is 0. The molecule has 3 heterocycles. The predicted molar refractivity (Wildman–Crippen MR) is 156 cm³/mol. The molecule has 2 aromatic heterocycles. The van der Waals surface area contributed by atoms with Crippen LogP contribution in [0.3, 0.4) is 0 Å². The molecule has 0 aliphatic carbocycles. The minimum absolute atomic E-state index is 0.111. The van der Waals surface area contributed by atoms with Gasteiger partial charge in [0, 0.05) is 37.3 Å². The number of aromatic nitrogens is 5. The van der Waals surface area contributed by atoms with E-state index < -0.39 is 5.41 Å². The molecule has 0 radical (unpaired) electrons. The molecule has 0 amide bonds. The van der Waals surface area contributed by atoms with Crippen LogP contribution in [-0.4, -0.2) is 48.3 Å². The lowest BCUT2D eigenvalue weighted by Crippen LogP contribution is -2.31. The summed E-state index contributed by atoms with van der Waals surface area (Å²) in [6.45, 7) is 14.1. The van der Waals surface area contributed by atoms with Gasteiger partial charge in [0.15, 0.2) is 0 Å². The average Bonchev–Trinajstić information content (AvgIpc) is 3.40. The number of Topliss-reactive ketones (excluding diaryl/α,β-unsaturated/α-hetero) is 1. The molecule has 2 aromatic carbocycles. The van der Waals surface area contributed by atoms with Gasteiger partial charge in [0.25, 0.3) is 0 Å². The van der Waals surface area contributed by atoms with Gasteiger partial charge in [-0.1, -0.05) is 56.2 Å². The Hall–Kier alpha value is -3.32. The number of rotatable bonds is 8. The van der Waals surface area contributed by atoms with Crippen molar-refractivity contribution in [2.45, 2.75) is 79.3 Å². The van der Waals surface area contributed by atoms with Gasteiger partial charge in [-0.2, -0.15) is 0 Å². The van der Waals surface area contributed by atoms with Crippen molar-refractivity contribution < 1.29 is 4.79 Å². The van der Waals surface area contributed by atoms with Gasteiger partial charge in [0.1, 0.15) is 17.1 Å². The number of nitrogens with zero attached hydrogens (tertiary/aromatic N) is 6. The minimum Gasteiger partial charge on any atom is -0.329 e. The third kappa shape index (κ3) is 5.42. The molecule has 7 nitrogen and oxygen atoms in total. The summed E-state index contributed by atoms with van der Waals surface area (Å²) in [5.41, 5.74) is 7.15. The molecule has 206 valence electrons. The summed E-state index contributed by atoms with van der Waals surface area (Å²) in [7, 11) is 1.91. The fraction of sp³-hybridized carbons (Fsp3) is 0.500. The van der Waals surface area contributed by atoms with Crippen LogP contribution < -0.4 is 0 Å². The fourth-order valence-corrected chi connectivity index (χ4v) is 6.10. The van der Waals surface area contributed by atoms with E-state index in [0.717, 1.165) is 59.7 Å². The highest BCUT2D eigenvalue weighted by Gasteiger charge is 2.38. The summed E-state index contributed by atoms with van der Waals surface area (Å²) < 4.78 is 4.09. The molecule has 0 bridgehead atoms. The van der Waals surface area contributed by atoms with E-state index in [4.69, 9.17) is 4.98 Å². The number of fused-ring (bicyclic) bond motifs is 1. The second kappa shape index (κ2) is 11.0. The largest absolute Gasteiger partial charge is 0.329 e. The summed E-state index contributed by atoms with van der Waals surface area (Å²) >= 11 is 0. The van der Waals surface area contributed by atoms with Crippen molar-refractivity contribution in [1.82, 2.24) is 29.4 Å². The van der Waals surface area contributed by atoms with Gasteiger partial charge in [-0.05, 0) is 80.6 Å². The summed E-state index contributed by atoms with van der Waals surface area (Å²) in [5.74, 6) is 1.17. The van der Waals surface area contributed by atoms with Gasteiger partial charge in [0.05, 0.1) is 12.1 Å². The van der Waals surface area contributed by atoms with Crippen molar-refractivity contribution in [3.05, 3.63) is 76.4 Å². The zero-order valence-electron chi connectivity index (χ0n) is 24.4. The quantitative estimate of drug-likeness (QED) is 0.284. The second-order valence-electron chi connectivity index (χ2n) is 11.9. The number of benzene rings is 2. The Balaban J connectivity index is 1.52. The molecule has 5 rings (SSSR count). The van der Waals surface area contributed by atoms with Gasteiger partial charge in [0.2, 0.25) is 0 Å². The summed E-state index contributed by atoms with van der Waals surface area (Å²) in [5, 5.41) is 8.68. The van der Waals surface area contributed by atoms with Crippen LogP contribution in [0.15, 0.2) is 42.7 Å². The predicted octanol–water partition coefficient (Wildman–Crippen LogP) is 5.95. The molecule has 1 aliphatic heterocycles. The topological polar surface area (TPSA) is 68.8 Å². The van der Waals surface area contributed by atoms with Gasteiger partial charge in [-0.25, -0.2) is 9.67 Å². The Morgan fingerprint density at radius 1 is 1.03 bits per heavy atom. The lowest BCUT2D eigenvalue weighted by molar-refractivity contribution is -0.125. The van der Waals surface area contributed by atoms with Crippen molar-refractivity contribution >= 4 is 16.8 Å². The van der Waals surface area contributed by atoms with Crippen LogP contribution in [-0.2, 0) is 24.9 Å². The number of imidazole rings is 1. The van der Waals surface area contributed by atoms with Crippen molar-refractivity contribution in [1.29, 1.82) is 0 Å². The molecule has 0 spiro atoms. The number of likely N-dealkylation sites (tertiary alicyclic amines) is 1. The number of carbonyl (C=O) groups is 1. The van der Waals surface area contributed by atoms with Crippen LogP contribution >= 0.6 is 0 Å². The lowest BCUT2D eigenvalue weighted by atomic mass is 9.68. The maximum Gasteiger partial charge on any atom is 0.136 e. The summed E-state index contributed by atoms with van der Waals surface area (Å²) in [4.78, 5) is 20.3. The van der Waals surface area contributed by atoms with E-state index in [0.29, 0.717) is 0 Å². The monoisotopic (exact) mass is 526 g/mol. The number of hydrogen-bond acceptors (Lipinski definition) is 5. The Morgan fingerprint density at radius 2 is 1.77 bits per heavy atom. The van der Waals surface area contributed by atoms with E-state index in [2.05, 4.69) is 84.0 Å². The van der Waals surface area contributed by atoms with E-state index in [1.165, 1.54) is 36.8 Å². The van der Waals surface area contributed by atoms with Crippen LogP contribution in [0.25, 0.3) is 11.0 Å². The van der Waals surface area contributed by atoms with Crippen LogP contribution in [0.1, 0.15) is 86.0 Å². The smallest absolute Gasteiger partial charge is 0.136 e. The molecule has 39 heavy (non-hydrogen) atoms. The van der Waals surface area contributed by atoms with Crippen molar-refractivity contribution in [3.63, 3.8) is 0 Å². The fourth-order valence-electron chi connectivity index (χ4n) is 6.10. The van der Waals surface area contributed by atoms with E-state index in [9.17, 15) is 4.79 Å². The maximum atomic E-state index is 13.0. The average molecular weight is 527 g/mol. The Labute approximate surface area is 232 Å². The molecular weight excluding hydrogens is 484 g/mol. The van der Waals surface area contributed by atoms with Crippen molar-refractivity contribution in [3.8, 4) is 0 Å². The third-order valence-corrected chi connectivity index (χ3v) is 8.93. The normalized spacial score (nSPS) is 15.9. The zero-order chi connectivity index (χ0) is 27.7. The van der Waals surface area contributed by atoms with Crippen LogP contribution in [0, 0.1) is 19.3 Å². The number of carbonyl (C=O) groups excluding carboxylic acids is 1. The first-order valence-electron chi connectivity index (χ1n) is 14.3. The minimum atomic E-state index is -0.597. The third-order valence-electron chi connectivity index (χ3n) is 8.93. The van der Waals surface area contributed by atoms with E-state index in [1.807, 2.05) is 13.2 Å².